The Kier molecular flexibility index (Phi) is 4.06. The van der Waals surface area contributed by atoms with Gasteiger partial charge in [-0.3, -0.25) is 4.90 Å². The standard InChI is InChI=1S/C15H19N5O/c1-11-3-5-16-14(19-11)13-4-6-20(10-13)9-12-7-17-15(21-2)18-8-12/h3,5,7-8,13H,4,6,9-10H2,1-2H3. The van der Waals surface area contributed by atoms with E-state index in [4.69, 9.17) is 4.74 Å². The zero-order chi connectivity index (χ0) is 14.7. The average molecular weight is 285 g/mol. The highest BCUT2D eigenvalue weighted by atomic mass is 16.5. The first-order valence-electron chi connectivity index (χ1n) is 7.11. The lowest BCUT2D eigenvalue weighted by molar-refractivity contribution is 0.323. The van der Waals surface area contributed by atoms with E-state index in [-0.39, 0.29) is 0 Å². The topological polar surface area (TPSA) is 64.0 Å². The average Bonchev–Trinajstić information content (AvgIpc) is 2.97. The highest BCUT2D eigenvalue weighted by molar-refractivity contribution is 5.10. The van der Waals surface area contributed by atoms with E-state index in [9.17, 15) is 0 Å². The van der Waals surface area contributed by atoms with E-state index in [1.807, 2.05) is 31.6 Å². The van der Waals surface area contributed by atoms with Gasteiger partial charge in [0.25, 0.3) is 0 Å². The Morgan fingerprint density at radius 1 is 1.29 bits per heavy atom. The van der Waals surface area contributed by atoms with Gasteiger partial charge >= 0.3 is 6.01 Å². The van der Waals surface area contributed by atoms with E-state index in [0.29, 0.717) is 11.9 Å². The Morgan fingerprint density at radius 3 is 2.81 bits per heavy atom. The van der Waals surface area contributed by atoms with Crippen LogP contribution in [0, 0.1) is 6.92 Å². The van der Waals surface area contributed by atoms with Crippen molar-refractivity contribution in [3.8, 4) is 6.01 Å². The van der Waals surface area contributed by atoms with Gasteiger partial charge in [-0.15, -0.1) is 0 Å². The molecule has 1 saturated heterocycles. The van der Waals surface area contributed by atoms with E-state index in [0.717, 1.165) is 43.1 Å². The van der Waals surface area contributed by atoms with Crippen LogP contribution in [0.15, 0.2) is 24.7 Å². The molecule has 0 N–H and O–H groups in total. The Labute approximate surface area is 124 Å². The van der Waals surface area contributed by atoms with E-state index in [1.54, 1.807) is 7.11 Å². The van der Waals surface area contributed by atoms with Crippen molar-refractivity contribution in [1.29, 1.82) is 0 Å². The second-order valence-corrected chi connectivity index (χ2v) is 5.35. The minimum atomic E-state index is 0.409. The molecule has 21 heavy (non-hydrogen) atoms. The molecular weight excluding hydrogens is 266 g/mol. The molecule has 0 bridgehead atoms. The molecule has 6 nitrogen and oxygen atoms in total. The number of hydrogen-bond acceptors (Lipinski definition) is 6. The van der Waals surface area contributed by atoms with Crippen LogP contribution in [0.4, 0.5) is 0 Å². The largest absolute Gasteiger partial charge is 0.467 e. The SMILES string of the molecule is COc1ncc(CN2CCC(c3nccc(C)n3)C2)cn1. The smallest absolute Gasteiger partial charge is 0.316 e. The van der Waals surface area contributed by atoms with Crippen LogP contribution >= 0.6 is 0 Å². The maximum absolute atomic E-state index is 4.97. The first-order valence-corrected chi connectivity index (χ1v) is 7.11. The molecule has 0 amide bonds. The molecule has 1 aliphatic heterocycles. The highest BCUT2D eigenvalue weighted by Crippen LogP contribution is 2.25. The second kappa shape index (κ2) is 6.13. The number of likely N-dealkylation sites (tertiary alicyclic amines) is 1. The van der Waals surface area contributed by atoms with Crippen LogP contribution in [0.2, 0.25) is 0 Å². The van der Waals surface area contributed by atoms with Crippen molar-refractivity contribution in [2.75, 3.05) is 20.2 Å². The number of hydrogen-bond donors (Lipinski definition) is 0. The zero-order valence-corrected chi connectivity index (χ0v) is 12.4. The molecule has 0 spiro atoms. The van der Waals surface area contributed by atoms with Gasteiger partial charge in [0.05, 0.1) is 7.11 Å². The predicted octanol–water partition coefficient (Wildman–Crippen LogP) is 1.57. The second-order valence-electron chi connectivity index (χ2n) is 5.35. The number of aryl methyl sites for hydroxylation is 1. The third kappa shape index (κ3) is 3.33. The highest BCUT2D eigenvalue weighted by Gasteiger charge is 2.26. The van der Waals surface area contributed by atoms with Gasteiger partial charge in [0, 0.05) is 48.9 Å². The van der Waals surface area contributed by atoms with E-state index in [1.165, 1.54) is 0 Å². The molecule has 1 unspecified atom stereocenters. The molecule has 110 valence electrons. The number of ether oxygens (including phenoxy) is 1. The van der Waals surface area contributed by atoms with Crippen LogP contribution in [0.25, 0.3) is 0 Å². The van der Waals surface area contributed by atoms with Crippen LogP contribution in [-0.4, -0.2) is 45.0 Å². The summed E-state index contributed by atoms with van der Waals surface area (Å²) in [6.45, 7) is 4.89. The zero-order valence-electron chi connectivity index (χ0n) is 12.4. The number of aromatic nitrogens is 4. The Hall–Kier alpha value is -2.08. The quantitative estimate of drug-likeness (QED) is 0.849. The van der Waals surface area contributed by atoms with Gasteiger partial charge in [-0.25, -0.2) is 19.9 Å². The van der Waals surface area contributed by atoms with Crippen LogP contribution in [-0.2, 0) is 6.54 Å². The molecule has 0 saturated carbocycles. The summed E-state index contributed by atoms with van der Waals surface area (Å²) in [5, 5.41) is 0. The summed E-state index contributed by atoms with van der Waals surface area (Å²) in [7, 11) is 1.57. The summed E-state index contributed by atoms with van der Waals surface area (Å²) in [6.07, 6.45) is 6.59. The Balaban J connectivity index is 1.61. The summed E-state index contributed by atoms with van der Waals surface area (Å²) in [4.78, 5) is 19.6. The van der Waals surface area contributed by atoms with Crippen LogP contribution < -0.4 is 4.74 Å². The summed E-state index contributed by atoms with van der Waals surface area (Å²) in [5.74, 6) is 1.38. The molecule has 2 aromatic heterocycles. The molecule has 0 aliphatic carbocycles. The maximum Gasteiger partial charge on any atom is 0.316 e. The first kappa shape index (κ1) is 13.9. The molecule has 1 atom stereocenters. The molecule has 0 radical (unpaired) electrons. The van der Waals surface area contributed by atoms with Crippen LogP contribution in [0.3, 0.4) is 0 Å². The van der Waals surface area contributed by atoms with Gasteiger partial charge in [0.2, 0.25) is 0 Å². The number of nitrogens with zero attached hydrogens (tertiary/aromatic N) is 5. The van der Waals surface area contributed by atoms with Crippen LogP contribution in [0.1, 0.15) is 29.4 Å². The van der Waals surface area contributed by atoms with Gasteiger partial charge in [-0.2, -0.15) is 0 Å². The molecule has 1 aliphatic rings. The van der Waals surface area contributed by atoms with Gasteiger partial charge in [0.1, 0.15) is 5.82 Å². The van der Waals surface area contributed by atoms with Crippen molar-refractivity contribution in [2.24, 2.45) is 0 Å². The van der Waals surface area contributed by atoms with E-state index < -0.39 is 0 Å². The lowest BCUT2D eigenvalue weighted by atomic mass is 10.1. The van der Waals surface area contributed by atoms with Gasteiger partial charge in [0.15, 0.2) is 0 Å². The van der Waals surface area contributed by atoms with Crippen molar-refractivity contribution < 1.29 is 4.74 Å². The predicted molar refractivity (Wildman–Crippen MR) is 78.0 cm³/mol. The lowest BCUT2D eigenvalue weighted by Crippen LogP contribution is -2.20. The van der Waals surface area contributed by atoms with E-state index in [2.05, 4.69) is 24.8 Å². The summed E-state index contributed by atoms with van der Waals surface area (Å²) < 4.78 is 4.97. The monoisotopic (exact) mass is 285 g/mol. The number of methoxy groups -OCH3 is 1. The fraction of sp³-hybridized carbons (Fsp3) is 0.467. The lowest BCUT2D eigenvalue weighted by Gasteiger charge is -2.15. The number of rotatable bonds is 4. The van der Waals surface area contributed by atoms with Crippen molar-refractivity contribution in [3.05, 3.63) is 41.7 Å². The third-order valence-corrected chi connectivity index (χ3v) is 3.72. The normalized spacial score (nSPS) is 18.9. The molecular formula is C15H19N5O. The first-order chi connectivity index (χ1) is 10.2. The van der Waals surface area contributed by atoms with Gasteiger partial charge in [-0.1, -0.05) is 0 Å². The third-order valence-electron chi connectivity index (χ3n) is 3.72. The van der Waals surface area contributed by atoms with Gasteiger partial charge < -0.3 is 4.74 Å². The Morgan fingerprint density at radius 2 is 2.10 bits per heavy atom. The fourth-order valence-corrected chi connectivity index (χ4v) is 2.64. The Bertz CT molecular complexity index is 601. The van der Waals surface area contributed by atoms with Gasteiger partial charge in [-0.05, 0) is 26.0 Å². The summed E-state index contributed by atoms with van der Waals surface area (Å²) in [6, 6.07) is 2.34. The molecule has 6 heteroatoms. The minimum Gasteiger partial charge on any atom is -0.467 e. The van der Waals surface area contributed by atoms with E-state index >= 15 is 0 Å². The van der Waals surface area contributed by atoms with Crippen molar-refractivity contribution in [1.82, 2.24) is 24.8 Å². The molecule has 2 aromatic rings. The molecule has 3 rings (SSSR count). The van der Waals surface area contributed by atoms with Crippen molar-refractivity contribution in [3.63, 3.8) is 0 Å². The molecule has 0 aromatic carbocycles. The van der Waals surface area contributed by atoms with Crippen LogP contribution in [0.5, 0.6) is 6.01 Å². The maximum atomic E-state index is 4.97. The fourth-order valence-electron chi connectivity index (χ4n) is 2.64. The minimum absolute atomic E-state index is 0.409. The molecule has 3 heterocycles. The summed E-state index contributed by atoms with van der Waals surface area (Å²) in [5.41, 5.74) is 2.13. The summed E-state index contributed by atoms with van der Waals surface area (Å²) >= 11 is 0. The molecule has 1 fully saturated rings. The van der Waals surface area contributed by atoms with Crippen molar-refractivity contribution >= 4 is 0 Å². The van der Waals surface area contributed by atoms with Crippen molar-refractivity contribution in [2.45, 2.75) is 25.8 Å².